The molecule has 2 aromatic heterocycles. The Labute approximate surface area is 157 Å². The molecule has 0 aliphatic carbocycles. The van der Waals surface area contributed by atoms with Gasteiger partial charge in [-0.2, -0.15) is 4.98 Å². The first-order chi connectivity index (χ1) is 13.1. The van der Waals surface area contributed by atoms with E-state index in [1.165, 1.54) is 0 Å². The van der Waals surface area contributed by atoms with Crippen molar-refractivity contribution in [2.24, 2.45) is 0 Å². The highest BCUT2D eigenvalue weighted by Crippen LogP contribution is 2.20. The number of benzene rings is 1. The van der Waals surface area contributed by atoms with Gasteiger partial charge in [0.25, 0.3) is 5.91 Å². The summed E-state index contributed by atoms with van der Waals surface area (Å²) in [7, 11) is 0. The quantitative estimate of drug-likeness (QED) is 0.691. The number of pyridine rings is 1. The largest absolute Gasteiger partial charge is 0.394 e. The fraction of sp³-hybridized carbons (Fsp3) is 0.300. The number of hydrogen-bond donors (Lipinski definition) is 1. The van der Waals surface area contributed by atoms with E-state index in [1.807, 2.05) is 31.2 Å². The molecular formula is C20H22N4O3. The fourth-order valence-electron chi connectivity index (χ4n) is 2.85. The number of carbonyl (C=O) groups is 1. The molecule has 1 N–H and O–H groups in total. The number of rotatable bonds is 7. The average molecular weight is 366 g/mol. The maximum Gasteiger partial charge on any atom is 0.254 e. The van der Waals surface area contributed by atoms with Gasteiger partial charge < -0.3 is 14.5 Å². The van der Waals surface area contributed by atoms with Gasteiger partial charge in [-0.25, -0.2) is 0 Å². The van der Waals surface area contributed by atoms with Gasteiger partial charge in [0, 0.05) is 24.2 Å². The smallest absolute Gasteiger partial charge is 0.254 e. The number of hydrogen-bond acceptors (Lipinski definition) is 6. The normalized spacial score (nSPS) is 12.0. The van der Waals surface area contributed by atoms with Gasteiger partial charge in [0.05, 0.1) is 24.9 Å². The Hall–Kier alpha value is -3.06. The molecule has 3 rings (SSSR count). The van der Waals surface area contributed by atoms with E-state index >= 15 is 0 Å². The number of aryl methyl sites for hydroxylation is 1. The molecule has 1 amide bonds. The van der Waals surface area contributed by atoms with E-state index in [2.05, 4.69) is 15.1 Å². The minimum absolute atomic E-state index is 0.112. The molecule has 140 valence electrons. The van der Waals surface area contributed by atoms with Crippen LogP contribution in [0.1, 0.15) is 35.3 Å². The van der Waals surface area contributed by atoms with Crippen LogP contribution in [0.5, 0.6) is 0 Å². The molecule has 0 aliphatic heterocycles. The van der Waals surface area contributed by atoms with E-state index in [1.54, 1.807) is 36.2 Å². The number of aliphatic hydroxyl groups excluding tert-OH is 1. The SMILES string of the molecule is CC[C@H](CO)N(Cc1ccccn1)C(=O)c1cccc(-c2noc(C)n2)c1. The summed E-state index contributed by atoms with van der Waals surface area (Å²) in [6.45, 7) is 3.87. The van der Waals surface area contributed by atoms with Gasteiger partial charge in [-0.15, -0.1) is 0 Å². The third-order valence-corrected chi connectivity index (χ3v) is 4.34. The van der Waals surface area contributed by atoms with Crippen LogP contribution in [0.2, 0.25) is 0 Å². The summed E-state index contributed by atoms with van der Waals surface area (Å²) in [5.41, 5.74) is 1.97. The van der Waals surface area contributed by atoms with E-state index in [-0.39, 0.29) is 18.6 Å². The van der Waals surface area contributed by atoms with Crippen LogP contribution < -0.4 is 0 Å². The van der Waals surface area contributed by atoms with E-state index in [4.69, 9.17) is 4.52 Å². The highest BCUT2D eigenvalue weighted by atomic mass is 16.5. The van der Waals surface area contributed by atoms with Crippen molar-refractivity contribution in [2.75, 3.05) is 6.61 Å². The molecule has 27 heavy (non-hydrogen) atoms. The maximum atomic E-state index is 13.2. The first-order valence-electron chi connectivity index (χ1n) is 8.84. The first kappa shape index (κ1) is 18.7. The highest BCUT2D eigenvalue weighted by molar-refractivity contribution is 5.95. The van der Waals surface area contributed by atoms with Gasteiger partial charge in [-0.05, 0) is 30.7 Å². The predicted molar refractivity (Wildman–Crippen MR) is 99.7 cm³/mol. The third-order valence-electron chi connectivity index (χ3n) is 4.34. The lowest BCUT2D eigenvalue weighted by Gasteiger charge is -2.30. The van der Waals surface area contributed by atoms with Crippen LogP contribution in [0.25, 0.3) is 11.4 Å². The third kappa shape index (κ3) is 4.38. The molecule has 0 spiro atoms. The molecule has 0 bridgehead atoms. The zero-order valence-corrected chi connectivity index (χ0v) is 15.4. The van der Waals surface area contributed by atoms with Crippen molar-refractivity contribution in [2.45, 2.75) is 32.9 Å². The molecule has 0 saturated heterocycles. The lowest BCUT2D eigenvalue weighted by atomic mass is 10.1. The van der Waals surface area contributed by atoms with Crippen LogP contribution in [0, 0.1) is 6.92 Å². The standard InChI is InChI=1S/C20H22N4O3/c1-3-18(13-25)24(12-17-9-4-5-10-21-17)20(26)16-8-6-7-15(11-16)19-22-14(2)27-23-19/h4-11,18,25H,3,12-13H2,1-2H3/t18-/m1/s1. The molecule has 0 radical (unpaired) electrons. The van der Waals surface area contributed by atoms with Gasteiger partial charge in [0.15, 0.2) is 0 Å². The van der Waals surface area contributed by atoms with E-state index in [0.29, 0.717) is 35.8 Å². The molecule has 0 fully saturated rings. The van der Waals surface area contributed by atoms with Gasteiger partial charge in [-0.3, -0.25) is 9.78 Å². The summed E-state index contributed by atoms with van der Waals surface area (Å²) in [6, 6.07) is 12.4. The number of amides is 1. The minimum atomic E-state index is -0.296. The monoisotopic (exact) mass is 366 g/mol. The first-order valence-corrected chi connectivity index (χ1v) is 8.84. The number of carbonyl (C=O) groups excluding carboxylic acids is 1. The Morgan fingerprint density at radius 3 is 2.74 bits per heavy atom. The van der Waals surface area contributed by atoms with Crippen LogP contribution in [-0.2, 0) is 6.54 Å². The Morgan fingerprint density at radius 1 is 1.26 bits per heavy atom. The van der Waals surface area contributed by atoms with Crippen LogP contribution >= 0.6 is 0 Å². The van der Waals surface area contributed by atoms with E-state index in [0.717, 1.165) is 5.69 Å². The minimum Gasteiger partial charge on any atom is -0.394 e. The number of aromatic nitrogens is 3. The van der Waals surface area contributed by atoms with Crippen molar-refractivity contribution < 1.29 is 14.4 Å². The van der Waals surface area contributed by atoms with Crippen molar-refractivity contribution in [3.63, 3.8) is 0 Å². The fourth-order valence-corrected chi connectivity index (χ4v) is 2.85. The molecule has 1 atom stereocenters. The number of aliphatic hydroxyl groups is 1. The van der Waals surface area contributed by atoms with Crippen molar-refractivity contribution in [3.05, 3.63) is 65.8 Å². The highest BCUT2D eigenvalue weighted by Gasteiger charge is 2.24. The van der Waals surface area contributed by atoms with E-state index in [9.17, 15) is 9.90 Å². The second-order valence-corrected chi connectivity index (χ2v) is 6.22. The summed E-state index contributed by atoms with van der Waals surface area (Å²) in [6.07, 6.45) is 2.33. The van der Waals surface area contributed by atoms with Gasteiger partial charge in [0.2, 0.25) is 11.7 Å². The summed E-state index contributed by atoms with van der Waals surface area (Å²) in [4.78, 5) is 23.4. The molecule has 0 saturated carbocycles. The maximum absolute atomic E-state index is 13.2. The van der Waals surface area contributed by atoms with E-state index < -0.39 is 0 Å². The molecule has 0 unspecified atom stereocenters. The lowest BCUT2D eigenvalue weighted by molar-refractivity contribution is 0.0560. The van der Waals surface area contributed by atoms with Gasteiger partial charge in [-0.1, -0.05) is 30.3 Å². The van der Waals surface area contributed by atoms with Gasteiger partial charge in [0.1, 0.15) is 0 Å². The molecule has 7 nitrogen and oxygen atoms in total. The molecule has 1 aromatic carbocycles. The second-order valence-electron chi connectivity index (χ2n) is 6.22. The van der Waals surface area contributed by atoms with Crippen molar-refractivity contribution in [1.29, 1.82) is 0 Å². The predicted octanol–water partition coefficient (Wildman–Crippen LogP) is 2.85. The van der Waals surface area contributed by atoms with Crippen LogP contribution in [0.4, 0.5) is 0 Å². The Morgan fingerprint density at radius 2 is 2.11 bits per heavy atom. The zero-order chi connectivity index (χ0) is 19.2. The Balaban J connectivity index is 1.91. The summed E-state index contributed by atoms with van der Waals surface area (Å²) >= 11 is 0. The molecule has 0 aliphatic rings. The van der Waals surface area contributed by atoms with Crippen LogP contribution in [0.15, 0.2) is 53.2 Å². The topological polar surface area (TPSA) is 92.3 Å². The summed E-state index contributed by atoms with van der Waals surface area (Å²) in [5.74, 6) is 0.723. The molecule has 2 heterocycles. The molecular weight excluding hydrogens is 344 g/mol. The summed E-state index contributed by atoms with van der Waals surface area (Å²) < 4.78 is 5.02. The Kier molecular flexibility index (Phi) is 5.93. The molecule has 7 heteroatoms. The van der Waals surface area contributed by atoms with Crippen LogP contribution in [-0.4, -0.2) is 43.7 Å². The molecule has 3 aromatic rings. The zero-order valence-electron chi connectivity index (χ0n) is 15.4. The average Bonchev–Trinajstić information content (AvgIpc) is 3.15. The Bertz CT molecular complexity index is 891. The van der Waals surface area contributed by atoms with Crippen molar-refractivity contribution >= 4 is 5.91 Å². The lowest BCUT2D eigenvalue weighted by Crippen LogP contribution is -2.41. The summed E-state index contributed by atoms with van der Waals surface area (Å²) in [5, 5.41) is 13.7. The van der Waals surface area contributed by atoms with Crippen molar-refractivity contribution in [1.82, 2.24) is 20.0 Å². The van der Waals surface area contributed by atoms with Gasteiger partial charge >= 0.3 is 0 Å². The van der Waals surface area contributed by atoms with Crippen LogP contribution in [0.3, 0.4) is 0 Å². The second kappa shape index (κ2) is 8.55. The van der Waals surface area contributed by atoms with Crippen molar-refractivity contribution in [3.8, 4) is 11.4 Å². The number of nitrogens with zero attached hydrogens (tertiary/aromatic N) is 4.